The van der Waals surface area contributed by atoms with E-state index >= 15 is 0 Å². The number of fused-ring (bicyclic) bond motifs is 1. The van der Waals surface area contributed by atoms with Gasteiger partial charge in [0.15, 0.2) is 11.5 Å². The van der Waals surface area contributed by atoms with Gasteiger partial charge in [0.1, 0.15) is 11.9 Å². The monoisotopic (exact) mass is 284 g/mol. The van der Waals surface area contributed by atoms with Crippen LogP contribution in [-0.4, -0.2) is 26.6 Å². The summed E-state index contributed by atoms with van der Waals surface area (Å²) in [4.78, 5) is 14.6. The highest BCUT2D eigenvalue weighted by atomic mass is 16.6. The van der Waals surface area contributed by atoms with Crippen LogP contribution in [0.5, 0.6) is 5.75 Å². The molecule has 0 aliphatic rings. The van der Waals surface area contributed by atoms with E-state index in [-0.39, 0.29) is 5.69 Å². The zero-order valence-corrected chi connectivity index (χ0v) is 11.3. The van der Waals surface area contributed by atoms with Gasteiger partial charge < -0.3 is 4.74 Å². The lowest BCUT2D eigenvalue weighted by Gasteiger charge is -2.00. The number of benzene rings is 1. The molecule has 3 aromatic rings. The molecule has 0 aliphatic carbocycles. The Bertz CT molecular complexity index is 796. The zero-order valence-electron chi connectivity index (χ0n) is 11.3. The SMILES string of the molecule is COc1ccc(Cc2nc3ccc([N+](=O)[O-])cn3n2)cc1. The van der Waals surface area contributed by atoms with Crippen LogP contribution in [0.2, 0.25) is 0 Å². The molecular formula is C14H12N4O3. The number of nitro groups is 1. The number of ether oxygens (including phenoxy) is 1. The molecule has 0 aliphatic heterocycles. The predicted octanol–water partition coefficient (Wildman–Crippen LogP) is 2.24. The largest absolute Gasteiger partial charge is 0.497 e. The van der Waals surface area contributed by atoms with Crippen LogP contribution in [0.4, 0.5) is 5.69 Å². The molecule has 3 rings (SSSR count). The highest BCUT2D eigenvalue weighted by Crippen LogP contribution is 2.15. The molecule has 0 unspecified atom stereocenters. The molecule has 0 N–H and O–H groups in total. The zero-order chi connectivity index (χ0) is 14.8. The molecule has 7 heteroatoms. The van der Waals surface area contributed by atoms with E-state index < -0.39 is 4.92 Å². The first-order valence-electron chi connectivity index (χ1n) is 6.28. The predicted molar refractivity (Wildman–Crippen MR) is 75.4 cm³/mol. The molecule has 0 saturated heterocycles. The van der Waals surface area contributed by atoms with Crippen LogP contribution in [0.3, 0.4) is 0 Å². The highest BCUT2D eigenvalue weighted by Gasteiger charge is 2.10. The van der Waals surface area contributed by atoms with Crippen LogP contribution >= 0.6 is 0 Å². The molecule has 0 fully saturated rings. The molecule has 0 amide bonds. The van der Waals surface area contributed by atoms with Crippen molar-refractivity contribution in [2.24, 2.45) is 0 Å². The van der Waals surface area contributed by atoms with Crippen molar-refractivity contribution in [3.8, 4) is 5.75 Å². The van der Waals surface area contributed by atoms with Gasteiger partial charge in [-0.2, -0.15) is 5.10 Å². The van der Waals surface area contributed by atoms with E-state index in [9.17, 15) is 10.1 Å². The van der Waals surface area contributed by atoms with Gasteiger partial charge >= 0.3 is 0 Å². The van der Waals surface area contributed by atoms with Gasteiger partial charge in [-0.05, 0) is 23.8 Å². The van der Waals surface area contributed by atoms with Gasteiger partial charge in [-0.15, -0.1) is 0 Å². The Kier molecular flexibility index (Phi) is 3.23. The number of nitrogens with zero attached hydrogens (tertiary/aromatic N) is 4. The molecule has 21 heavy (non-hydrogen) atoms. The van der Waals surface area contributed by atoms with Crippen LogP contribution in [0, 0.1) is 10.1 Å². The lowest BCUT2D eigenvalue weighted by molar-refractivity contribution is -0.385. The molecule has 0 bridgehead atoms. The Morgan fingerprint density at radius 3 is 2.67 bits per heavy atom. The van der Waals surface area contributed by atoms with E-state index in [1.807, 2.05) is 24.3 Å². The van der Waals surface area contributed by atoms with E-state index in [0.29, 0.717) is 17.9 Å². The van der Waals surface area contributed by atoms with Crippen LogP contribution in [0.1, 0.15) is 11.4 Å². The minimum atomic E-state index is -0.454. The van der Waals surface area contributed by atoms with E-state index in [0.717, 1.165) is 11.3 Å². The van der Waals surface area contributed by atoms with Crippen molar-refractivity contribution in [3.05, 3.63) is 64.1 Å². The third kappa shape index (κ3) is 2.66. The summed E-state index contributed by atoms with van der Waals surface area (Å²) in [6, 6.07) is 10.6. The van der Waals surface area contributed by atoms with Crippen molar-refractivity contribution in [1.82, 2.24) is 14.6 Å². The molecule has 2 aromatic heterocycles. The summed E-state index contributed by atoms with van der Waals surface area (Å²) >= 11 is 0. The van der Waals surface area contributed by atoms with Gasteiger partial charge in [0.25, 0.3) is 5.69 Å². The number of aromatic nitrogens is 3. The summed E-state index contributed by atoms with van der Waals surface area (Å²) in [5.41, 5.74) is 1.62. The van der Waals surface area contributed by atoms with Crippen molar-refractivity contribution < 1.29 is 9.66 Å². The summed E-state index contributed by atoms with van der Waals surface area (Å²) in [5, 5.41) is 15.0. The van der Waals surface area contributed by atoms with Gasteiger partial charge in [0, 0.05) is 12.5 Å². The molecule has 0 spiro atoms. The quantitative estimate of drug-likeness (QED) is 0.542. The van der Waals surface area contributed by atoms with Crippen LogP contribution in [0.15, 0.2) is 42.6 Å². The maximum absolute atomic E-state index is 10.7. The Hall–Kier alpha value is -2.96. The first-order valence-corrected chi connectivity index (χ1v) is 6.28. The molecule has 0 atom stereocenters. The van der Waals surface area contributed by atoms with Crippen molar-refractivity contribution in [3.63, 3.8) is 0 Å². The number of hydrogen-bond acceptors (Lipinski definition) is 5. The lowest BCUT2D eigenvalue weighted by Crippen LogP contribution is -1.94. The number of pyridine rings is 1. The average molecular weight is 284 g/mol. The molecule has 0 radical (unpaired) electrons. The van der Waals surface area contributed by atoms with Crippen molar-refractivity contribution in [1.29, 1.82) is 0 Å². The van der Waals surface area contributed by atoms with Gasteiger partial charge in [-0.1, -0.05) is 12.1 Å². The minimum Gasteiger partial charge on any atom is -0.497 e. The van der Waals surface area contributed by atoms with Crippen LogP contribution in [0.25, 0.3) is 5.65 Å². The summed E-state index contributed by atoms with van der Waals surface area (Å²) < 4.78 is 6.53. The molecule has 106 valence electrons. The topological polar surface area (TPSA) is 82.6 Å². The Labute approximate surface area is 120 Å². The first-order chi connectivity index (χ1) is 10.2. The number of rotatable bonds is 4. The second-order valence-electron chi connectivity index (χ2n) is 4.50. The Morgan fingerprint density at radius 2 is 2.00 bits per heavy atom. The Balaban J connectivity index is 1.88. The van der Waals surface area contributed by atoms with E-state index in [1.54, 1.807) is 13.2 Å². The molecule has 7 nitrogen and oxygen atoms in total. The molecular weight excluding hydrogens is 272 g/mol. The van der Waals surface area contributed by atoms with Crippen LogP contribution in [-0.2, 0) is 6.42 Å². The first kappa shape index (κ1) is 13.0. The van der Waals surface area contributed by atoms with Crippen molar-refractivity contribution in [2.45, 2.75) is 6.42 Å². The Morgan fingerprint density at radius 1 is 1.24 bits per heavy atom. The summed E-state index contributed by atoms with van der Waals surface area (Å²) in [6.45, 7) is 0. The van der Waals surface area contributed by atoms with Gasteiger partial charge in [-0.25, -0.2) is 9.50 Å². The fraction of sp³-hybridized carbons (Fsp3) is 0.143. The summed E-state index contributed by atoms with van der Waals surface area (Å²) in [7, 11) is 1.62. The minimum absolute atomic E-state index is 0.0107. The molecule has 0 saturated carbocycles. The van der Waals surface area contributed by atoms with Gasteiger partial charge in [0.2, 0.25) is 0 Å². The second kappa shape index (κ2) is 5.20. The summed E-state index contributed by atoms with van der Waals surface area (Å²) in [6.07, 6.45) is 1.92. The molecule has 1 aromatic carbocycles. The van der Waals surface area contributed by atoms with E-state index in [1.165, 1.54) is 16.8 Å². The molecule has 2 heterocycles. The van der Waals surface area contributed by atoms with Gasteiger partial charge in [-0.3, -0.25) is 10.1 Å². The third-order valence-electron chi connectivity index (χ3n) is 3.09. The van der Waals surface area contributed by atoms with E-state index in [4.69, 9.17) is 4.74 Å². The fourth-order valence-electron chi connectivity index (χ4n) is 2.03. The van der Waals surface area contributed by atoms with Gasteiger partial charge in [0.05, 0.1) is 12.0 Å². The van der Waals surface area contributed by atoms with Crippen LogP contribution < -0.4 is 4.74 Å². The maximum Gasteiger partial charge on any atom is 0.287 e. The summed E-state index contributed by atoms with van der Waals surface area (Å²) in [5.74, 6) is 1.40. The standard InChI is InChI=1S/C14H12N4O3/c1-21-12-5-2-10(3-6-12)8-13-15-14-7-4-11(18(19)20)9-17(14)16-13/h2-7,9H,8H2,1H3. The van der Waals surface area contributed by atoms with E-state index in [2.05, 4.69) is 10.1 Å². The normalized spacial score (nSPS) is 10.7. The number of hydrogen-bond donors (Lipinski definition) is 0. The highest BCUT2D eigenvalue weighted by molar-refractivity contribution is 5.43. The fourth-order valence-corrected chi connectivity index (χ4v) is 2.03. The number of methoxy groups -OCH3 is 1. The third-order valence-corrected chi connectivity index (χ3v) is 3.09. The van der Waals surface area contributed by atoms with Crippen molar-refractivity contribution in [2.75, 3.05) is 7.11 Å². The lowest BCUT2D eigenvalue weighted by atomic mass is 10.1. The maximum atomic E-state index is 10.7. The smallest absolute Gasteiger partial charge is 0.287 e. The average Bonchev–Trinajstić information content (AvgIpc) is 2.89. The van der Waals surface area contributed by atoms with Crippen molar-refractivity contribution >= 4 is 11.3 Å². The second-order valence-corrected chi connectivity index (χ2v) is 4.50.